The van der Waals surface area contributed by atoms with Gasteiger partial charge in [0.25, 0.3) is 0 Å². The molecule has 7 heteroatoms. The fourth-order valence-electron chi connectivity index (χ4n) is 4.65. The van der Waals surface area contributed by atoms with Gasteiger partial charge < -0.3 is 9.42 Å². The highest BCUT2D eigenvalue weighted by atomic mass is 35.5. The second-order valence-corrected chi connectivity index (χ2v) is 8.88. The Morgan fingerprint density at radius 2 is 1.79 bits per heavy atom. The van der Waals surface area contributed by atoms with Crippen LogP contribution >= 0.6 is 11.6 Å². The van der Waals surface area contributed by atoms with Crippen molar-refractivity contribution in [2.75, 3.05) is 11.4 Å². The van der Waals surface area contributed by atoms with Crippen molar-refractivity contribution < 1.29 is 4.52 Å². The molecule has 1 aliphatic heterocycles. The van der Waals surface area contributed by atoms with Gasteiger partial charge in [0.2, 0.25) is 0 Å². The number of hydrogen-bond acceptors (Lipinski definition) is 5. The first-order valence-corrected chi connectivity index (χ1v) is 11.4. The smallest absolute Gasteiger partial charge is 0.170 e. The highest BCUT2D eigenvalue weighted by molar-refractivity contribution is 6.30. The van der Waals surface area contributed by atoms with Crippen LogP contribution in [-0.2, 0) is 13.0 Å². The third-order valence-corrected chi connectivity index (χ3v) is 6.52. The molecule has 0 spiro atoms. The molecule has 0 bridgehead atoms. The Morgan fingerprint density at radius 1 is 1.00 bits per heavy atom. The minimum Gasteiger partial charge on any atom is -0.356 e. The van der Waals surface area contributed by atoms with Gasteiger partial charge >= 0.3 is 0 Å². The van der Waals surface area contributed by atoms with Gasteiger partial charge in [0, 0.05) is 28.1 Å². The summed E-state index contributed by atoms with van der Waals surface area (Å²) in [6.07, 6.45) is 0.840. The Kier molecular flexibility index (Phi) is 4.69. The normalized spacial score (nSPS) is 13.5. The molecule has 6 nitrogen and oxygen atoms in total. The van der Waals surface area contributed by atoms with Crippen molar-refractivity contribution in [2.24, 2.45) is 0 Å². The summed E-state index contributed by atoms with van der Waals surface area (Å²) in [5, 5.41) is 11.0. The molecule has 2 aromatic carbocycles. The number of pyridine rings is 1. The molecule has 0 aliphatic carbocycles. The lowest BCUT2D eigenvalue weighted by Crippen LogP contribution is -2.31. The van der Waals surface area contributed by atoms with Crippen LogP contribution in [0, 0.1) is 13.8 Å². The number of nitrogens with zero attached hydrogens (tertiary/aromatic N) is 5. The number of hydrogen-bond donors (Lipinski definition) is 0. The van der Waals surface area contributed by atoms with Gasteiger partial charge in [-0.25, -0.2) is 9.67 Å². The summed E-state index contributed by atoms with van der Waals surface area (Å²) in [5.41, 5.74) is 7.15. The molecule has 0 saturated carbocycles. The van der Waals surface area contributed by atoms with Gasteiger partial charge in [-0.15, -0.1) is 0 Å². The molecule has 0 unspecified atom stereocenters. The third-order valence-electron chi connectivity index (χ3n) is 6.27. The van der Waals surface area contributed by atoms with Crippen molar-refractivity contribution >= 4 is 28.5 Å². The number of aryl methyl sites for hydroxylation is 2. The number of rotatable bonds is 3. The summed E-state index contributed by atoms with van der Waals surface area (Å²) in [5.74, 6) is 1.76. The molecule has 164 valence electrons. The van der Waals surface area contributed by atoms with Gasteiger partial charge in [-0.2, -0.15) is 5.10 Å². The van der Waals surface area contributed by atoms with Crippen LogP contribution in [0.2, 0.25) is 5.02 Å². The molecule has 0 amide bonds. The standard InChI is InChI=1S/C26H22ClN5O/c1-16-14-23(28-26-24(16)17(2)29-32(26)20-6-4-3-5-7-20)31-13-12-21-22(15-31)30-33-25(21)18-8-10-19(27)11-9-18/h3-11,14H,12-13,15H2,1-2H3. The van der Waals surface area contributed by atoms with Crippen molar-refractivity contribution in [3.05, 3.63) is 88.2 Å². The molecule has 0 atom stereocenters. The van der Waals surface area contributed by atoms with Gasteiger partial charge in [0.15, 0.2) is 11.4 Å². The maximum atomic E-state index is 6.04. The zero-order chi connectivity index (χ0) is 22.5. The molecule has 5 aromatic rings. The van der Waals surface area contributed by atoms with Crippen molar-refractivity contribution in [3.8, 4) is 17.0 Å². The van der Waals surface area contributed by atoms with Crippen LogP contribution in [-0.4, -0.2) is 26.5 Å². The number of anilines is 1. The minimum atomic E-state index is 0.656. The second kappa shape index (κ2) is 7.74. The van der Waals surface area contributed by atoms with E-state index in [1.54, 1.807) is 0 Å². The largest absolute Gasteiger partial charge is 0.356 e. The molecule has 6 rings (SSSR count). The number of fused-ring (bicyclic) bond motifs is 2. The van der Waals surface area contributed by atoms with E-state index in [9.17, 15) is 0 Å². The van der Waals surface area contributed by atoms with Crippen molar-refractivity contribution in [1.29, 1.82) is 0 Å². The van der Waals surface area contributed by atoms with Crippen LogP contribution in [0.3, 0.4) is 0 Å². The summed E-state index contributed by atoms with van der Waals surface area (Å²) in [7, 11) is 0. The van der Waals surface area contributed by atoms with E-state index in [-0.39, 0.29) is 0 Å². The summed E-state index contributed by atoms with van der Waals surface area (Å²) in [6.45, 7) is 5.66. The van der Waals surface area contributed by atoms with Gasteiger partial charge in [-0.05, 0) is 68.3 Å². The van der Waals surface area contributed by atoms with Crippen LogP contribution in [0.4, 0.5) is 5.82 Å². The van der Waals surface area contributed by atoms with E-state index in [0.29, 0.717) is 11.6 Å². The molecule has 0 saturated heterocycles. The molecular weight excluding hydrogens is 434 g/mol. The van der Waals surface area contributed by atoms with E-state index in [1.807, 2.05) is 54.1 Å². The molecule has 0 radical (unpaired) electrons. The fourth-order valence-corrected chi connectivity index (χ4v) is 4.78. The number of halogens is 1. The first kappa shape index (κ1) is 20.0. The lowest BCUT2D eigenvalue weighted by molar-refractivity contribution is 0.423. The predicted molar refractivity (Wildman–Crippen MR) is 130 cm³/mol. The molecule has 4 heterocycles. The Morgan fingerprint density at radius 3 is 2.58 bits per heavy atom. The van der Waals surface area contributed by atoms with Crippen molar-refractivity contribution in [3.63, 3.8) is 0 Å². The number of benzene rings is 2. The predicted octanol–water partition coefficient (Wildman–Crippen LogP) is 5.91. The van der Waals surface area contributed by atoms with Gasteiger partial charge in [-0.3, -0.25) is 0 Å². The van der Waals surface area contributed by atoms with Crippen LogP contribution < -0.4 is 4.90 Å². The number of aromatic nitrogens is 4. The summed E-state index contributed by atoms with van der Waals surface area (Å²) < 4.78 is 7.68. The molecule has 33 heavy (non-hydrogen) atoms. The molecule has 0 N–H and O–H groups in total. The maximum absolute atomic E-state index is 6.04. The topological polar surface area (TPSA) is 60.0 Å². The highest BCUT2D eigenvalue weighted by Crippen LogP contribution is 2.34. The average Bonchev–Trinajstić information content (AvgIpc) is 3.41. The van der Waals surface area contributed by atoms with Crippen LogP contribution in [0.15, 0.2) is 65.2 Å². The Hall–Kier alpha value is -3.64. The van der Waals surface area contributed by atoms with Crippen LogP contribution in [0.1, 0.15) is 22.5 Å². The lowest BCUT2D eigenvalue weighted by atomic mass is 10.0. The zero-order valence-electron chi connectivity index (χ0n) is 18.4. The van der Waals surface area contributed by atoms with E-state index < -0.39 is 0 Å². The van der Waals surface area contributed by atoms with Gasteiger partial charge in [-0.1, -0.05) is 35.0 Å². The van der Waals surface area contributed by atoms with Gasteiger partial charge in [0.05, 0.1) is 17.9 Å². The SMILES string of the molecule is Cc1cc(N2CCc3c(noc3-c3ccc(Cl)cc3)C2)nc2c1c(C)nn2-c1ccccc1. The Bertz CT molecular complexity index is 1470. The fraction of sp³-hybridized carbons (Fsp3) is 0.192. The third kappa shape index (κ3) is 3.38. The first-order valence-electron chi connectivity index (χ1n) is 11.0. The quantitative estimate of drug-likeness (QED) is 0.338. The Labute approximate surface area is 196 Å². The van der Waals surface area contributed by atoms with Crippen LogP contribution in [0.25, 0.3) is 28.0 Å². The Balaban J connectivity index is 1.38. The molecule has 0 fully saturated rings. The molecular formula is C26H22ClN5O. The monoisotopic (exact) mass is 455 g/mol. The lowest BCUT2D eigenvalue weighted by Gasteiger charge is -2.27. The van der Waals surface area contributed by atoms with E-state index in [4.69, 9.17) is 26.2 Å². The summed E-state index contributed by atoms with van der Waals surface area (Å²) in [6, 6.07) is 20.0. The minimum absolute atomic E-state index is 0.656. The molecule has 1 aliphatic rings. The van der Waals surface area contributed by atoms with E-state index in [0.717, 1.165) is 63.8 Å². The van der Waals surface area contributed by atoms with E-state index in [1.165, 1.54) is 5.56 Å². The van der Waals surface area contributed by atoms with E-state index in [2.05, 4.69) is 35.2 Å². The summed E-state index contributed by atoms with van der Waals surface area (Å²) in [4.78, 5) is 7.32. The second-order valence-electron chi connectivity index (χ2n) is 8.44. The molecule has 3 aromatic heterocycles. The highest BCUT2D eigenvalue weighted by Gasteiger charge is 2.26. The zero-order valence-corrected chi connectivity index (χ0v) is 19.2. The van der Waals surface area contributed by atoms with E-state index >= 15 is 0 Å². The number of para-hydroxylation sites is 1. The van der Waals surface area contributed by atoms with Gasteiger partial charge in [0.1, 0.15) is 11.5 Å². The van der Waals surface area contributed by atoms with Crippen molar-refractivity contribution in [1.82, 2.24) is 19.9 Å². The average molecular weight is 456 g/mol. The van der Waals surface area contributed by atoms with Crippen molar-refractivity contribution in [2.45, 2.75) is 26.8 Å². The summed E-state index contributed by atoms with van der Waals surface area (Å²) >= 11 is 6.04. The van der Waals surface area contributed by atoms with Crippen LogP contribution in [0.5, 0.6) is 0 Å². The maximum Gasteiger partial charge on any atom is 0.170 e. The first-order chi connectivity index (χ1) is 16.1.